The summed E-state index contributed by atoms with van der Waals surface area (Å²) in [6.45, 7) is 0. The summed E-state index contributed by atoms with van der Waals surface area (Å²) < 4.78 is 14.0. The van der Waals surface area contributed by atoms with Crippen LogP contribution in [0.4, 0.5) is 4.39 Å². The molecule has 0 aromatic heterocycles. The van der Waals surface area contributed by atoms with Gasteiger partial charge in [0.05, 0.1) is 12.0 Å². The zero-order valence-electron chi connectivity index (χ0n) is 8.48. The van der Waals surface area contributed by atoms with Gasteiger partial charge in [-0.15, -0.1) is 5.10 Å². The van der Waals surface area contributed by atoms with Gasteiger partial charge in [-0.1, -0.05) is 33.8 Å². The van der Waals surface area contributed by atoms with Crippen LogP contribution in [0, 0.1) is 5.82 Å². The summed E-state index contributed by atoms with van der Waals surface area (Å²) in [6, 6.07) is 4.64. The first-order chi connectivity index (χ1) is 8.16. The van der Waals surface area contributed by atoms with Crippen molar-refractivity contribution in [3.63, 3.8) is 0 Å². The quantitative estimate of drug-likeness (QED) is 0.671. The fraction of sp³-hybridized carbons (Fsp3) is 0.100. The Labute approximate surface area is 110 Å². The molecule has 7 heteroatoms. The highest BCUT2D eigenvalue weighted by Crippen LogP contribution is 2.17. The van der Waals surface area contributed by atoms with Crippen LogP contribution in [0.3, 0.4) is 0 Å². The van der Waals surface area contributed by atoms with Gasteiger partial charge in [0.25, 0.3) is 0 Å². The average Bonchev–Trinajstić information content (AvgIpc) is 2.69. The van der Waals surface area contributed by atoms with E-state index in [1.54, 1.807) is 12.1 Å². The van der Waals surface area contributed by atoms with E-state index in [0.29, 0.717) is 21.0 Å². The van der Waals surface area contributed by atoms with Crippen LogP contribution in [0.5, 0.6) is 0 Å². The van der Waals surface area contributed by atoms with Crippen molar-refractivity contribution in [1.82, 2.24) is 5.32 Å². The van der Waals surface area contributed by atoms with Crippen LogP contribution >= 0.6 is 27.7 Å². The average molecular weight is 316 g/mol. The number of hydrogen-bond acceptors (Lipinski definition) is 4. The zero-order chi connectivity index (χ0) is 12.3. The molecule has 1 N–H and O–H groups in total. The number of rotatable bonds is 2. The molecule has 0 saturated carbocycles. The lowest BCUT2D eigenvalue weighted by Gasteiger charge is -1.97. The molecular weight excluding hydrogens is 309 g/mol. The molecule has 0 unspecified atom stereocenters. The highest BCUT2D eigenvalue weighted by atomic mass is 79.9. The summed E-state index contributed by atoms with van der Waals surface area (Å²) >= 11 is 4.48. The van der Waals surface area contributed by atoms with Crippen LogP contribution in [-0.2, 0) is 4.79 Å². The SMILES string of the molecule is O=C1CSC(=NN=Cc2c(F)cccc2Br)N1. The highest BCUT2D eigenvalue weighted by Gasteiger charge is 2.15. The van der Waals surface area contributed by atoms with Gasteiger partial charge in [-0.05, 0) is 12.1 Å². The number of halogens is 2. The molecule has 4 nitrogen and oxygen atoms in total. The van der Waals surface area contributed by atoms with Crippen molar-refractivity contribution < 1.29 is 9.18 Å². The Morgan fingerprint density at radius 1 is 1.53 bits per heavy atom. The van der Waals surface area contributed by atoms with E-state index in [9.17, 15) is 9.18 Å². The first-order valence-corrected chi connectivity index (χ1v) is 6.42. The molecule has 0 spiro atoms. The van der Waals surface area contributed by atoms with Crippen LogP contribution in [0.15, 0.2) is 32.9 Å². The molecule has 1 heterocycles. The summed E-state index contributed by atoms with van der Waals surface area (Å²) in [7, 11) is 0. The first kappa shape index (κ1) is 12.3. The van der Waals surface area contributed by atoms with Crippen molar-refractivity contribution in [2.45, 2.75) is 0 Å². The molecule has 0 bridgehead atoms. The third-order valence-corrected chi connectivity index (χ3v) is 3.48. The molecule has 0 atom stereocenters. The van der Waals surface area contributed by atoms with E-state index in [1.807, 2.05) is 0 Å². The maximum Gasteiger partial charge on any atom is 0.236 e. The van der Waals surface area contributed by atoms with Gasteiger partial charge in [-0.2, -0.15) is 5.10 Å². The van der Waals surface area contributed by atoms with Crippen LogP contribution in [0.2, 0.25) is 0 Å². The second-order valence-corrected chi connectivity index (χ2v) is 4.94. The summed E-state index contributed by atoms with van der Waals surface area (Å²) in [6.07, 6.45) is 1.30. The van der Waals surface area contributed by atoms with Crippen molar-refractivity contribution >= 4 is 45.0 Å². The Balaban J connectivity index is 2.13. The smallest absolute Gasteiger partial charge is 0.236 e. The molecule has 17 heavy (non-hydrogen) atoms. The Morgan fingerprint density at radius 2 is 2.35 bits per heavy atom. The number of nitrogens with zero attached hydrogens (tertiary/aromatic N) is 2. The Bertz CT molecular complexity index is 498. The lowest BCUT2D eigenvalue weighted by Crippen LogP contribution is -2.19. The van der Waals surface area contributed by atoms with E-state index >= 15 is 0 Å². The highest BCUT2D eigenvalue weighted by molar-refractivity contribution is 9.10. The van der Waals surface area contributed by atoms with Crippen LogP contribution < -0.4 is 5.32 Å². The van der Waals surface area contributed by atoms with Crippen molar-refractivity contribution in [1.29, 1.82) is 0 Å². The lowest BCUT2D eigenvalue weighted by atomic mass is 10.2. The van der Waals surface area contributed by atoms with E-state index in [2.05, 4.69) is 31.4 Å². The normalized spacial score (nSPS) is 18.0. The summed E-state index contributed by atoms with van der Waals surface area (Å²) in [4.78, 5) is 10.9. The van der Waals surface area contributed by atoms with Crippen LogP contribution in [0.1, 0.15) is 5.56 Å². The molecule has 0 aliphatic carbocycles. The van der Waals surface area contributed by atoms with Gasteiger partial charge in [0.2, 0.25) is 5.91 Å². The van der Waals surface area contributed by atoms with Gasteiger partial charge in [-0.3, -0.25) is 4.79 Å². The van der Waals surface area contributed by atoms with Gasteiger partial charge in [0, 0.05) is 10.0 Å². The third kappa shape index (κ3) is 3.13. The molecule has 1 aromatic rings. The van der Waals surface area contributed by atoms with E-state index in [1.165, 1.54) is 24.0 Å². The number of hydrogen-bond donors (Lipinski definition) is 1. The summed E-state index contributed by atoms with van der Waals surface area (Å²) in [5.41, 5.74) is 0.325. The monoisotopic (exact) mass is 315 g/mol. The minimum absolute atomic E-state index is 0.101. The van der Waals surface area contributed by atoms with Crippen molar-refractivity contribution in [3.8, 4) is 0 Å². The third-order valence-electron chi connectivity index (χ3n) is 1.92. The van der Waals surface area contributed by atoms with Gasteiger partial charge in [0.15, 0.2) is 5.17 Å². The van der Waals surface area contributed by atoms with Gasteiger partial charge < -0.3 is 5.32 Å². The molecule has 0 radical (unpaired) electrons. The summed E-state index contributed by atoms with van der Waals surface area (Å²) in [5.74, 6) is -0.139. The Hall–Kier alpha value is -1.21. The number of benzene rings is 1. The first-order valence-electron chi connectivity index (χ1n) is 4.64. The number of nitrogens with one attached hydrogen (secondary N) is 1. The lowest BCUT2D eigenvalue weighted by molar-refractivity contribution is -0.116. The standard InChI is InChI=1S/C10H7BrFN3OS/c11-7-2-1-3-8(12)6(7)4-13-15-10-14-9(16)5-17-10/h1-4H,5H2,(H,14,15,16). The van der Waals surface area contributed by atoms with Crippen molar-refractivity contribution in [2.75, 3.05) is 5.75 Å². The minimum Gasteiger partial charge on any atom is -0.303 e. The topological polar surface area (TPSA) is 53.8 Å². The molecule has 1 aromatic carbocycles. The maximum absolute atomic E-state index is 13.4. The molecule has 1 amide bonds. The number of amides is 1. The molecule has 1 saturated heterocycles. The molecule has 1 aliphatic rings. The Morgan fingerprint density at radius 3 is 3.00 bits per heavy atom. The van der Waals surface area contributed by atoms with Gasteiger partial charge in [-0.25, -0.2) is 4.39 Å². The predicted octanol–water partition coefficient (Wildman–Crippen LogP) is 2.14. The Kier molecular flexibility index (Phi) is 3.90. The van der Waals surface area contributed by atoms with E-state index in [0.717, 1.165) is 0 Å². The second kappa shape index (κ2) is 5.42. The van der Waals surface area contributed by atoms with Crippen LogP contribution in [0.25, 0.3) is 0 Å². The molecule has 1 aliphatic heterocycles. The molecular formula is C10H7BrFN3OS. The second-order valence-electron chi connectivity index (χ2n) is 3.12. The molecule has 88 valence electrons. The van der Waals surface area contributed by atoms with Crippen LogP contribution in [-0.4, -0.2) is 23.0 Å². The number of carbonyl (C=O) groups is 1. The predicted molar refractivity (Wildman–Crippen MR) is 69.7 cm³/mol. The zero-order valence-corrected chi connectivity index (χ0v) is 10.9. The fourth-order valence-electron chi connectivity index (χ4n) is 1.15. The minimum atomic E-state index is -0.383. The van der Waals surface area contributed by atoms with E-state index in [-0.39, 0.29) is 11.7 Å². The van der Waals surface area contributed by atoms with E-state index < -0.39 is 0 Å². The summed E-state index contributed by atoms with van der Waals surface area (Å²) in [5, 5.41) is 10.5. The molecule has 1 fully saturated rings. The van der Waals surface area contributed by atoms with E-state index in [4.69, 9.17) is 0 Å². The number of amidine groups is 1. The van der Waals surface area contributed by atoms with Gasteiger partial charge >= 0.3 is 0 Å². The maximum atomic E-state index is 13.4. The number of thioether (sulfide) groups is 1. The largest absolute Gasteiger partial charge is 0.303 e. The number of carbonyl (C=O) groups excluding carboxylic acids is 1. The van der Waals surface area contributed by atoms with Gasteiger partial charge in [0.1, 0.15) is 5.82 Å². The fourth-order valence-corrected chi connectivity index (χ4v) is 2.23. The molecule has 2 rings (SSSR count). The van der Waals surface area contributed by atoms with Crippen molar-refractivity contribution in [2.24, 2.45) is 10.2 Å². The van der Waals surface area contributed by atoms with Crippen molar-refractivity contribution in [3.05, 3.63) is 34.1 Å².